The first-order valence-electron chi connectivity index (χ1n) is 5.18. The minimum Gasteiger partial charge on any atom is -0.438 e. The first-order chi connectivity index (χ1) is 8.79. The number of rotatable bonds is 3. The number of carbonyl (C=O) groups excluding carboxylic acids is 1. The Labute approximate surface area is 105 Å². The molecule has 18 heavy (non-hydrogen) atoms. The Balaban J connectivity index is 0.000000771. The highest BCUT2D eigenvalue weighted by molar-refractivity contribution is 5.78. The molecule has 0 saturated heterocycles. The quantitative estimate of drug-likeness (QED) is 0.638. The lowest BCUT2D eigenvalue weighted by atomic mass is 10.3. The number of nitrogens with two attached hydrogens (primary N) is 1. The Bertz CT molecular complexity index is 498. The van der Waals surface area contributed by atoms with Crippen molar-refractivity contribution in [3.63, 3.8) is 0 Å². The standard InChI is InChI=1S/C12H10N2O2.CH4O/c13-10-3-5-11(6-4-10)16-12-9(8-15)2-1-7-14-12;1-2/h1-8H,13H2;2H,1H3. The molecule has 1 aromatic carbocycles. The zero-order chi connectivity index (χ0) is 13.4. The van der Waals surface area contributed by atoms with Crippen molar-refractivity contribution in [2.45, 2.75) is 0 Å². The SMILES string of the molecule is CO.Nc1ccc(Oc2ncccc2C=O)cc1. The third-order valence-electron chi connectivity index (χ3n) is 2.02. The summed E-state index contributed by atoms with van der Waals surface area (Å²) in [6, 6.07) is 10.2. The lowest BCUT2D eigenvalue weighted by Crippen LogP contribution is -1.93. The number of aliphatic hydroxyl groups is 1. The van der Waals surface area contributed by atoms with Gasteiger partial charge in [0.2, 0.25) is 5.88 Å². The zero-order valence-corrected chi connectivity index (χ0v) is 9.91. The van der Waals surface area contributed by atoms with Gasteiger partial charge in [0.1, 0.15) is 5.75 Å². The predicted octanol–water partition coefficient (Wildman–Crippen LogP) is 1.88. The van der Waals surface area contributed by atoms with Crippen molar-refractivity contribution in [3.05, 3.63) is 48.2 Å². The number of hydrogen-bond acceptors (Lipinski definition) is 5. The summed E-state index contributed by atoms with van der Waals surface area (Å²) in [7, 11) is 1.00. The molecule has 0 spiro atoms. The van der Waals surface area contributed by atoms with Gasteiger partial charge in [0.15, 0.2) is 6.29 Å². The number of benzene rings is 1. The Hall–Kier alpha value is -2.40. The van der Waals surface area contributed by atoms with Crippen molar-refractivity contribution in [2.24, 2.45) is 0 Å². The summed E-state index contributed by atoms with van der Waals surface area (Å²) in [5.74, 6) is 0.887. The van der Waals surface area contributed by atoms with Crippen molar-refractivity contribution in [1.82, 2.24) is 4.98 Å². The smallest absolute Gasteiger partial charge is 0.229 e. The van der Waals surface area contributed by atoms with E-state index in [0.29, 0.717) is 29.2 Å². The highest BCUT2D eigenvalue weighted by Crippen LogP contribution is 2.22. The monoisotopic (exact) mass is 246 g/mol. The lowest BCUT2D eigenvalue weighted by Gasteiger charge is -2.06. The second kappa shape index (κ2) is 7.03. The van der Waals surface area contributed by atoms with Gasteiger partial charge in [-0.2, -0.15) is 0 Å². The van der Waals surface area contributed by atoms with E-state index in [-0.39, 0.29) is 0 Å². The Morgan fingerprint density at radius 1 is 1.22 bits per heavy atom. The molecule has 0 aliphatic rings. The van der Waals surface area contributed by atoms with Crippen LogP contribution in [0.15, 0.2) is 42.6 Å². The molecular formula is C13H14N2O3. The van der Waals surface area contributed by atoms with Crippen LogP contribution in [0, 0.1) is 0 Å². The van der Waals surface area contributed by atoms with Crippen LogP contribution in [0.5, 0.6) is 11.6 Å². The minimum absolute atomic E-state index is 0.294. The molecule has 0 radical (unpaired) electrons. The maximum atomic E-state index is 10.7. The van der Waals surface area contributed by atoms with Crippen LogP contribution in [-0.2, 0) is 0 Å². The van der Waals surface area contributed by atoms with Gasteiger partial charge in [-0.05, 0) is 36.4 Å². The van der Waals surface area contributed by atoms with Crippen molar-refractivity contribution < 1.29 is 14.6 Å². The number of anilines is 1. The fourth-order valence-electron chi connectivity index (χ4n) is 1.23. The lowest BCUT2D eigenvalue weighted by molar-refractivity contribution is 0.112. The van der Waals surface area contributed by atoms with Gasteiger partial charge in [-0.15, -0.1) is 0 Å². The second-order valence-corrected chi connectivity index (χ2v) is 3.19. The topological polar surface area (TPSA) is 85.4 Å². The normalized spacial score (nSPS) is 9.00. The third kappa shape index (κ3) is 3.57. The Morgan fingerprint density at radius 3 is 2.50 bits per heavy atom. The highest BCUT2D eigenvalue weighted by Gasteiger charge is 2.04. The molecule has 5 nitrogen and oxygen atoms in total. The molecule has 5 heteroatoms. The van der Waals surface area contributed by atoms with Crippen molar-refractivity contribution in [3.8, 4) is 11.6 Å². The van der Waals surface area contributed by atoms with E-state index in [4.69, 9.17) is 15.6 Å². The number of carbonyl (C=O) groups is 1. The average molecular weight is 246 g/mol. The summed E-state index contributed by atoms with van der Waals surface area (Å²) in [6.45, 7) is 0. The van der Waals surface area contributed by atoms with E-state index in [9.17, 15) is 4.79 Å². The fraction of sp³-hybridized carbons (Fsp3) is 0.0769. The third-order valence-corrected chi connectivity index (χ3v) is 2.02. The molecule has 0 bridgehead atoms. The van der Waals surface area contributed by atoms with E-state index in [2.05, 4.69) is 4.98 Å². The Kier molecular flexibility index (Phi) is 5.34. The Morgan fingerprint density at radius 2 is 1.89 bits per heavy atom. The molecular weight excluding hydrogens is 232 g/mol. The van der Waals surface area contributed by atoms with Crippen molar-refractivity contribution >= 4 is 12.0 Å². The summed E-state index contributed by atoms with van der Waals surface area (Å²) < 4.78 is 5.46. The van der Waals surface area contributed by atoms with Crippen LogP contribution in [0.1, 0.15) is 10.4 Å². The summed E-state index contributed by atoms with van der Waals surface area (Å²) in [6.07, 6.45) is 2.28. The predicted molar refractivity (Wildman–Crippen MR) is 68.7 cm³/mol. The number of nitrogens with zero attached hydrogens (tertiary/aromatic N) is 1. The molecule has 1 heterocycles. The molecule has 0 fully saturated rings. The van der Waals surface area contributed by atoms with Gasteiger partial charge >= 0.3 is 0 Å². The van der Waals surface area contributed by atoms with Crippen LogP contribution in [-0.4, -0.2) is 23.5 Å². The largest absolute Gasteiger partial charge is 0.438 e. The molecule has 0 unspecified atom stereocenters. The van der Waals surface area contributed by atoms with Crippen molar-refractivity contribution in [1.29, 1.82) is 0 Å². The number of nitrogen functional groups attached to an aromatic ring is 1. The maximum Gasteiger partial charge on any atom is 0.229 e. The van der Waals surface area contributed by atoms with E-state index in [1.807, 2.05) is 0 Å². The molecule has 0 aliphatic carbocycles. The number of aromatic nitrogens is 1. The maximum absolute atomic E-state index is 10.7. The molecule has 2 aromatic rings. The molecule has 3 N–H and O–H groups in total. The number of aldehydes is 1. The van der Waals surface area contributed by atoms with Crippen LogP contribution in [0.4, 0.5) is 5.69 Å². The second-order valence-electron chi connectivity index (χ2n) is 3.19. The number of aliphatic hydroxyl groups excluding tert-OH is 1. The van der Waals surface area contributed by atoms with E-state index in [1.165, 1.54) is 0 Å². The molecule has 0 atom stereocenters. The average Bonchev–Trinajstić information content (AvgIpc) is 2.44. The van der Waals surface area contributed by atoms with Crippen LogP contribution in [0.2, 0.25) is 0 Å². The molecule has 1 aromatic heterocycles. The van der Waals surface area contributed by atoms with Gasteiger partial charge in [-0.1, -0.05) is 0 Å². The van der Waals surface area contributed by atoms with Gasteiger partial charge in [0.25, 0.3) is 0 Å². The number of hydrogen-bond donors (Lipinski definition) is 2. The summed E-state index contributed by atoms with van der Waals surface area (Å²) in [5.41, 5.74) is 6.62. The molecule has 0 saturated carbocycles. The minimum atomic E-state index is 0.294. The van der Waals surface area contributed by atoms with Gasteiger partial charge in [0, 0.05) is 19.0 Å². The molecule has 0 aliphatic heterocycles. The van der Waals surface area contributed by atoms with E-state index >= 15 is 0 Å². The molecule has 0 amide bonds. The summed E-state index contributed by atoms with van der Waals surface area (Å²) >= 11 is 0. The first kappa shape index (κ1) is 13.7. The van der Waals surface area contributed by atoms with Crippen LogP contribution in [0.3, 0.4) is 0 Å². The van der Waals surface area contributed by atoms with Gasteiger partial charge in [-0.3, -0.25) is 4.79 Å². The van der Waals surface area contributed by atoms with Crippen LogP contribution in [0.25, 0.3) is 0 Å². The summed E-state index contributed by atoms with van der Waals surface area (Å²) in [4.78, 5) is 14.7. The van der Waals surface area contributed by atoms with Gasteiger partial charge < -0.3 is 15.6 Å². The molecule has 94 valence electrons. The first-order valence-corrected chi connectivity index (χ1v) is 5.18. The van der Waals surface area contributed by atoms with E-state index in [1.54, 1.807) is 42.6 Å². The van der Waals surface area contributed by atoms with Gasteiger partial charge in [0.05, 0.1) is 5.56 Å². The fourth-order valence-corrected chi connectivity index (χ4v) is 1.23. The van der Waals surface area contributed by atoms with Crippen molar-refractivity contribution in [2.75, 3.05) is 12.8 Å². The van der Waals surface area contributed by atoms with E-state index < -0.39 is 0 Å². The van der Waals surface area contributed by atoms with Crippen LogP contribution >= 0.6 is 0 Å². The summed E-state index contributed by atoms with van der Waals surface area (Å²) in [5, 5.41) is 7.00. The van der Waals surface area contributed by atoms with E-state index in [0.717, 1.165) is 7.11 Å². The number of pyridine rings is 1. The number of ether oxygens (including phenoxy) is 1. The zero-order valence-electron chi connectivity index (χ0n) is 9.91. The van der Waals surface area contributed by atoms with Crippen LogP contribution < -0.4 is 10.5 Å². The molecule has 2 rings (SSSR count). The van der Waals surface area contributed by atoms with Gasteiger partial charge in [-0.25, -0.2) is 4.98 Å². The highest BCUT2D eigenvalue weighted by atomic mass is 16.5.